The maximum atomic E-state index is 12.3. The van der Waals surface area contributed by atoms with E-state index in [4.69, 9.17) is 34.8 Å². The van der Waals surface area contributed by atoms with E-state index < -0.39 is 0 Å². The lowest BCUT2D eigenvalue weighted by molar-refractivity contribution is -0.113. The summed E-state index contributed by atoms with van der Waals surface area (Å²) in [6, 6.07) is 11.0. The molecule has 1 aromatic heterocycles. The van der Waals surface area contributed by atoms with Crippen LogP contribution in [0.4, 0.5) is 5.69 Å². The van der Waals surface area contributed by atoms with E-state index in [9.17, 15) is 4.79 Å². The number of rotatable bonds is 5. The highest BCUT2D eigenvalue weighted by Gasteiger charge is 2.15. The molecule has 0 radical (unpaired) electrons. The van der Waals surface area contributed by atoms with Gasteiger partial charge in [-0.2, -0.15) is 0 Å². The molecule has 0 aliphatic heterocycles. The smallest absolute Gasteiger partial charge is 0.234 e. The van der Waals surface area contributed by atoms with Crippen molar-refractivity contribution < 1.29 is 4.79 Å². The molecule has 3 rings (SSSR count). The van der Waals surface area contributed by atoms with Crippen LogP contribution >= 0.6 is 46.6 Å². The second-order valence-corrected chi connectivity index (χ2v) is 7.95. The van der Waals surface area contributed by atoms with E-state index >= 15 is 0 Å². The number of hydrogen-bond acceptors (Lipinski definition) is 4. The summed E-state index contributed by atoms with van der Waals surface area (Å²) in [5.41, 5.74) is 2.52. The number of carbonyl (C=O) groups is 1. The minimum atomic E-state index is -0.239. The molecule has 3 aromatic rings. The summed E-state index contributed by atoms with van der Waals surface area (Å²) in [4.78, 5) is 12.3. The summed E-state index contributed by atoms with van der Waals surface area (Å²) in [5.74, 6) is 0.645. The van der Waals surface area contributed by atoms with Gasteiger partial charge in [0.25, 0.3) is 0 Å². The first kappa shape index (κ1) is 20.0. The van der Waals surface area contributed by atoms with Gasteiger partial charge < -0.3 is 5.32 Å². The molecule has 0 aliphatic carbocycles. The number of halogens is 3. The number of benzene rings is 2. The molecule has 1 heterocycles. The monoisotopic (exact) mass is 440 g/mol. The van der Waals surface area contributed by atoms with Crippen LogP contribution in [0.1, 0.15) is 11.4 Å². The summed E-state index contributed by atoms with van der Waals surface area (Å²) in [7, 11) is 0. The van der Waals surface area contributed by atoms with Crippen LogP contribution in [0.15, 0.2) is 41.6 Å². The zero-order chi connectivity index (χ0) is 19.6. The fraction of sp³-hybridized carbons (Fsp3) is 0.167. The minimum absolute atomic E-state index is 0.139. The molecule has 9 heteroatoms. The molecule has 0 bridgehead atoms. The van der Waals surface area contributed by atoms with Gasteiger partial charge in [0.1, 0.15) is 5.82 Å². The van der Waals surface area contributed by atoms with E-state index in [-0.39, 0.29) is 11.7 Å². The van der Waals surface area contributed by atoms with Crippen LogP contribution in [0.25, 0.3) is 5.69 Å². The number of nitrogens with zero attached hydrogens (tertiary/aromatic N) is 3. The molecule has 1 amide bonds. The number of anilines is 1. The molecule has 0 atom stereocenters. The largest absolute Gasteiger partial charge is 0.324 e. The third kappa shape index (κ3) is 4.76. The van der Waals surface area contributed by atoms with Crippen LogP contribution in [-0.2, 0) is 4.79 Å². The van der Waals surface area contributed by atoms with E-state index in [1.807, 2.05) is 42.7 Å². The fourth-order valence-electron chi connectivity index (χ4n) is 2.36. The third-order valence-electron chi connectivity index (χ3n) is 3.70. The highest BCUT2D eigenvalue weighted by molar-refractivity contribution is 7.99. The topological polar surface area (TPSA) is 59.8 Å². The summed E-state index contributed by atoms with van der Waals surface area (Å²) in [6.45, 7) is 3.89. The average molecular weight is 442 g/mol. The van der Waals surface area contributed by atoms with Crippen LogP contribution in [0.5, 0.6) is 0 Å². The van der Waals surface area contributed by atoms with Gasteiger partial charge in [0.2, 0.25) is 5.91 Å². The van der Waals surface area contributed by atoms with Crippen molar-refractivity contribution in [2.75, 3.05) is 11.1 Å². The highest BCUT2D eigenvalue weighted by Crippen LogP contribution is 2.32. The Morgan fingerprint density at radius 3 is 2.41 bits per heavy atom. The van der Waals surface area contributed by atoms with Gasteiger partial charge in [0, 0.05) is 5.69 Å². The molecule has 0 spiro atoms. The maximum Gasteiger partial charge on any atom is 0.234 e. The number of aryl methyl sites for hydroxylation is 2. The van der Waals surface area contributed by atoms with E-state index in [1.165, 1.54) is 23.9 Å². The molecule has 140 valence electrons. The van der Waals surface area contributed by atoms with Crippen molar-refractivity contribution in [2.45, 2.75) is 19.0 Å². The molecule has 1 N–H and O–H groups in total. The Balaban J connectivity index is 1.71. The minimum Gasteiger partial charge on any atom is -0.324 e. The van der Waals surface area contributed by atoms with E-state index in [1.54, 1.807) is 0 Å². The summed E-state index contributed by atoms with van der Waals surface area (Å²) < 4.78 is 1.91. The number of nitrogens with one attached hydrogen (secondary N) is 1. The summed E-state index contributed by atoms with van der Waals surface area (Å²) in [6.07, 6.45) is 0. The zero-order valence-corrected chi connectivity index (χ0v) is 17.5. The van der Waals surface area contributed by atoms with Crippen molar-refractivity contribution in [3.63, 3.8) is 0 Å². The van der Waals surface area contributed by atoms with Crippen molar-refractivity contribution in [1.82, 2.24) is 14.8 Å². The van der Waals surface area contributed by atoms with Crippen molar-refractivity contribution in [1.29, 1.82) is 0 Å². The molecule has 0 saturated carbocycles. The van der Waals surface area contributed by atoms with Gasteiger partial charge in [-0.15, -0.1) is 10.2 Å². The number of carbonyl (C=O) groups excluding carboxylic acids is 1. The Kier molecular flexibility index (Phi) is 6.32. The Morgan fingerprint density at radius 2 is 1.70 bits per heavy atom. The second kappa shape index (κ2) is 8.52. The fourth-order valence-corrected chi connectivity index (χ4v) is 3.75. The third-order valence-corrected chi connectivity index (χ3v) is 5.67. The average Bonchev–Trinajstić information content (AvgIpc) is 2.99. The van der Waals surface area contributed by atoms with Gasteiger partial charge in [-0.3, -0.25) is 9.36 Å². The van der Waals surface area contributed by atoms with Gasteiger partial charge in [-0.1, -0.05) is 64.3 Å². The lowest BCUT2D eigenvalue weighted by atomic mass is 10.2. The van der Waals surface area contributed by atoms with Gasteiger partial charge in [-0.25, -0.2) is 0 Å². The van der Waals surface area contributed by atoms with Gasteiger partial charge in [0.15, 0.2) is 5.16 Å². The first-order chi connectivity index (χ1) is 12.8. The van der Waals surface area contributed by atoms with Crippen LogP contribution in [0.3, 0.4) is 0 Å². The zero-order valence-electron chi connectivity index (χ0n) is 14.5. The quantitative estimate of drug-likeness (QED) is 0.415. The number of hydrogen-bond donors (Lipinski definition) is 1. The molecule has 27 heavy (non-hydrogen) atoms. The Hall–Kier alpha value is -1.73. The number of thioether (sulfide) groups is 1. The molecule has 0 saturated heterocycles. The standard InChI is InChI=1S/C18H15Cl3N4OS/c1-10-3-5-12(6-4-10)25-11(2)23-24-18(25)27-9-17(26)22-16-8-14(20)13(19)7-15(16)21/h3-8H,9H2,1-2H3,(H,22,26). The molecule has 5 nitrogen and oxygen atoms in total. The maximum absolute atomic E-state index is 12.3. The molecule has 0 unspecified atom stereocenters. The van der Waals surface area contributed by atoms with Gasteiger partial charge in [-0.05, 0) is 38.1 Å². The van der Waals surface area contributed by atoms with Crippen molar-refractivity contribution in [3.05, 3.63) is 62.9 Å². The van der Waals surface area contributed by atoms with Gasteiger partial charge >= 0.3 is 0 Å². The van der Waals surface area contributed by atoms with E-state index in [0.29, 0.717) is 25.9 Å². The summed E-state index contributed by atoms with van der Waals surface area (Å²) in [5, 5.41) is 12.6. The molecular weight excluding hydrogens is 427 g/mol. The van der Waals surface area contributed by atoms with Gasteiger partial charge in [0.05, 0.1) is 26.5 Å². The van der Waals surface area contributed by atoms with Crippen LogP contribution in [-0.4, -0.2) is 26.4 Å². The van der Waals surface area contributed by atoms with Crippen molar-refractivity contribution >= 4 is 58.2 Å². The Bertz CT molecular complexity index is 989. The second-order valence-electron chi connectivity index (χ2n) is 5.78. The molecule has 0 aliphatic rings. The molecule has 0 fully saturated rings. The number of aromatic nitrogens is 3. The summed E-state index contributed by atoms with van der Waals surface area (Å²) >= 11 is 19.3. The Morgan fingerprint density at radius 1 is 1.04 bits per heavy atom. The van der Waals surface area contributed by atoms with E-state index in [2.05, 4.69) is 15.5 Å². The lowest BCUT2D eigenvalue weighted by Gasteiger charge is -2.10. The SMILES string of the molecule is Cc1ccc(-n2c(C)nnc2SCC(=O)Nc2cc(Cl)c(Cl)cc2Cl)cc1. The molecule has 2 aromatic carbocycles. The molecular formula is C18H15Cl3N4OS. The van der Waals surface area contributed by atoms with Crippen molar-refractivity contribution in [2.24, 2.45) is 0 Å². The first-order valence-electron chi connectivity index (χ1n) is 7.91. The first-order valence-corrected chi connectivity index (χ1v) is 10.0. The highest BCUT2D eigenvalue weighted by atomic mass is 35.5. The lowest BCUT2D eigenvalue weighted by Crippen LogP contribution is -2.15. The Labute approximate surface area is 176 Å². The normalized spacial score (nSPS) is 10.9. The van der Waals surface area contributed by atoms with Crippen LogP contribution in [0, 0.1) is 13.8 Å². The number of amides is 1. The van der Waals surface area contributed by atoms with Crippen molar-refractivity contribution in [3.8, 4) is 5.69 Å². The van der Waals surface area contributed by atoms with Crippen LogP contribution < -0.4 is 5.32 Å². The van der Waals surface area contributed by atoms with E-state index in [0.717, 1.165) is 17.1 Å². The predicted molar refractivity (Wildman–Crippen MR) is 112 cm³/mol. The van der Waals surface area contributed by atoms with Crippen LogP contribution in [0.2, 0.25) is 15.1 Å². The predicted octanol–water partition coefficient (Wildman–Crippen LogP) is 5.58.